The van der Waals surface area contributed by atoms with Crippen molar-refractivity contribution in [2.45, 2.75) is 32.3 Å². The number of halogens is 1. The van der Waals surface area contributed by atoms with Gasteiger partial charge in [0.1, 0.15) is 17.2 Å². The van der Waals surface area contributed by atoms with Gasteiger partial charge < -0.3 is 9.84 Å². The number of carboxylic acid groups (broad SMARTS) is 1. The average Bonchev–Trinajstić information content (AvgIpc) is 2.14. The summed E-state index contributed by atoms with van der Waals surface area (Å²) in [4.78, 5) is 10.4. The second-order valence-corrected chi connectivity index (χ2v) is 4.21. The molecule has 1 N–H and O–H groups in total. The van der Waals surface area contributed by atoms with Gasteiger partial charge in [-0.15, -0.1) is 0 Å². The minimum absolute atomic E-state index is 0.0301. The standard InChI is InChI=1S/C12H15FO3/c1-12(2,7-6-11(14)15)16-10-5-3-4-9(13)8-10/h3-5,8H,6-7H2,1-2H3,(H,14,15). The van der Waals surface area contributed by atoms with Crippen LogP contribution in [-0.4, -0.2) is 16.7 Å². The zero-order chi connectivity index (χ0) is 12.2. The summed E-state index contributed by atoms with van der Waals surface area (Å²) >= 11 is 0. The Morgan fingerprint density at radius 1 is 1.50 bits per heavy atom. The molecule has 0 aromatic heterocycles. The maximum Gasteiger partial charge on any atom is 0.303 e. The Morgan fingerprint density at radius 3 is 2.75 bits per heavy atom. The number of benzene rings is 1. The lowest BCUT2D eigenvalue weighted by Crippen LogP contribution is -2.29. The van der Waals surface area contributed by atoms with Crippen LogP contribution in [0.3, 0.4) is 0 Å². The van der Waals surface area contributed by atoms with E-state index in [0.29, 0.717) is 12.2 Å². The van der Waals surface area contributed by atoms with Crippen molar-refractivity contribution in [2.75, 3.05) is 0 Å². The molecule has 0 radical (unpaired) electrons. The second-order valence-electron chi connectivity index (χ2n) is 4.21. The summed E-state index contributed by atoms with van der Waals surface area (Å²) in [6, 6.07) is 5.81. The fraction of sp³-hybridized carbons (Fsp3) is 0.417. The first-order chi connectivity index (χ1) is 7.39. The quantitative estimate of drug-likeness (QED) is 0.839. The summed E-state index contributed by atoms with van der Waals surface area (Å²) in [5.41, 5.74) is -0.619. The van der Waals surface area contributed by atoms with Crippen LogP contribution in [0.5, 0.6) is 5.75 Å². The number of rotatable bonds is 5. The number of hydrogen-bond acceptors (Lipinski definition) is 2. The molecule has 0 amide bonds. The minimum atomic E-state index is -0.865. The fourth-order valence-electron chi connectivity index (χ4n) is 1.31. The van der Waals surface area contributed by atoms with Crippen molar-refractivity contribution < 1.29 is 19.0 Å². The minimum Gasteiger partial charge on any atom is -0.488 e. The van der Waals surface area contributed by atoms with E-state index in [0.717, 1.165) is 0 Å². The Labute approximate surface area is 93.9 Å². The highest BCUT2D eigenvalue weighted by atomic mass is 19.1. The van der Waals surface area contributed by atoms with Gasteiger partial charge in [0.25, 0.3) is 0 Å². The topological polar surface area (TPSA) is 46.5 Å². The van der Waals surface area contributed by atoms with Crippen LogP contribution in [-0.2, 0) is 4.79 Å². The van der Waals surface area contributed by atoms with Crippen LogP contribution in [0.4, 0.5) is 4.39 Å². The van der Waals surface area contributed by atoms with Gasteiger partial charge in [-0.3, -0.25) is 4.79 Å². The number of aliphatic carboxylic acids is 1. The van der Waals surface area contributed by atoms with E-state index in [4.69, 9.17) is 9.84 Å². The molecule has 0 aliphatic heterocycles. The molecule has 1 aromatic carbocycles. The van der Waals surface area contributed by atoms with Crippen LogP contribution in [0.25, 0.3) is 0 Å². The summed E-state index contributed by atoms with van der Waals surface area (Å²) in [5.74, 6) is -0.821. The largest absolute Gasteiger partial charge is 0.488 e. The zero-order valence-electron chi connectivity index (χ0n) is 9.37. The Hall–Kier alpha value is -1.58. The Balaban J connectivity index is 2.61. The molecule has 1 rings (SSSR count). The molecule has 0 spiro atoms. The predicted octanol–water partition coefficient (Wildman–Crippen LogP) is 2.85. The van der Waals surface area contributed by atoms with Gasteiger partial charge in [0.05, 0.1) is 0 Å². The normalized spacial score (nSPS) is 11.2. The van der Waals surface area contributed by atoms with Crippen LogP contribution in [0.2, 0.25) is 0 Å². The van der Waals surface area contributed by atoms with Crippen molar-refractivity contribution in [3.05, 3.63) is 30.1 Å². The third-order valence-corrected chi connectivity index (χ3v) is 2.13. The molecule has 0 aliphatic carbocycles. The molecular formula is C12H15FO3. The van der Waals surface area contributed by atoms with Gasteiger partial charge in [0.15, 0.2) is 0 Å². The maximum absolute atomic E-state index is 12.9. The van der Waals surface area contributed by atoms with Crippen LogP contribution < -0.4 is 4.74 Å². The molecule has 0 atom stereocenters. The lowest BCUT2D eigenvalue weighted by atomic mass is 10.0. The third-order valence-electron chi connectivity index (χ3n) is 2.13. The van der Waals surface area contributed by atoms with Gasteiger partial charge in [0, 0.05) is 12.5 Å². The van der Waals surface area contributed by atoms with Gasteiger partial charge in [-0.05, 0) is 32.4 Å². The molecule has 16 heavy (non-hydrogen) atoms. The highest BCUT2D eigenvalue weighted by Gasteiger charge is 2.21. The molecule has 0 aliphatic rings. The number of ether oxygens (including phenoxy) is 1. The molecule has 4 heteroatoms. The van der Waals surface area contributed by atoms with Crippen molar-refractivity contribution >= 4 is 5.97 Å². The molecule has 0 bridgehead atoms. The van der Waals surface area contributed by atoms with E-state index >= 15 is 0 Å². The lowest BCUT2D eigenvalue weighted by molar-refractivity contribution is -0.138. The van der Waals surface area contributed by atoms with Gasteiger partial charge in [0.2, 0.25) is 0 Å². The van der Waals surface area contributed by atoms with Crippen LogP contribution in [0.15, 0.2) is 24.3 Å². The van der Waals surface area contributed by atoms with Crippen molar-refractivity contribution in [2.24, 2.45) is 0 Å². The van der Waals surface area contributed by atoms with Gasteiger partial charge in [-0.25, -0.2) is 4.39 Å². The molecule has 0 fully saturated rings. The lowest BCUT2D eigenvalue weighted by Gasteiger charge is -2.25. The van der Waals surface area contributed by atoms with E-state index in [-0.39, 0.29) is 12.2 Å². The third kappa shape index (κ3) is 4.29. The highest BCUT2D eigenvalue weighted by molar-refractivity contribution is 5.66. The SMILES string of the molecule is CC(C)(CCC(=O)O)Oc1cccc(F)c1. The molecule has 0 heterocycles. The first-order valence-corrected chi connectivity index (χ1v) is 5.05. The Kier molecular flexibility index (Phi) is 3.88. The summed E-state index contributed by atoms with van der Waals surface area (Å²) in [7, 11) is 0. The van der Waals surface area contributed by atoms with E-state index < -0.39 is 11.6 Å². The van der Waals surface area contributed by atoms with Crippen molar-refractivity contribution in [3.63, 3.8) is 0 Å². The molecule has 1 aromatic rings. The predicted molar refractivity (Wildman–Crippen MR) is 58.0 cm³/mol. The van der Waals surface area contributed by atoms with E-state index in [2.05, 4.69) is 0 Å². The van der Waals surface area contributed by atoms with E-state index in [9.17, 15) is 9.18 Å². The van der Waals surface area contributed by atoms with Gasteiger partial charge in [-0.1, -0.05) is 6.07 Å². The molecule has 0 unspecified atom stereocenters. The Bertz CT molecular complexity index is 374. The highest BCUT2D eigenvalue weighted by Crippen LogP contribution is 2.22. The van der Waals surface area contributed by atoms with E-state index in [1.807, 2.05) is 0 Å². The Morgan fingerprint density at radius 2 is 2.19 bits per heavy atom. The van der Waals surface area contributed by atoms with Gasteiger partial charge in [-0.2, -0.15) is 0 Å². The van der Waals surface area contributed by atoms with Crippen molar-refractivity contribution in [3.8, 4) is 5.75 Å². The average molecular weight is 226 g/mol. The zero-order valence-corrected chi connectivity index (χ0v) is 9.37. The molecule has 3 nitrogen and oxygen atoms in total. The maximum atomic E-state index is 12.9. The second kappa shape index (κ2) is 4.96. The van der Waals surface area contributed by atoms with Gasteiger partial charge >= 0.3 is 5.97 Å². The van der Waals surface area contributed by atoms with E-state index in [1.54, 1.807) is 26.0 Å². The van der Waals surface area contributed by atoms with E-state index in [1.165, 1.54) is 12.1 Å². The van der Waals surface area contributed by atoms with Crippen LogP contribution >= 0.6 is 0 Å². The summed E-state index contributed by atoms with van der Waals surface area (Å²) < 4.78 is 18.4. The molecule has 88 valence electrons. The number of carbonyl (C=O) groups is 1. The molecule has 0 saturated heterocycles. The summed E-state index contributed by atoms with van der Waals surface area (Å²) in [6.45, 7) is 3.56. The van der Waals surface area contributed by atoms with Crippen LogP contribution in [0.1, 0.15) is 26.7 Å². The molecular weight excluding hydrogens is 211 g/mol. The number of hydrogen-bond donors (Lipinski definition) is 1. The van der Waals surface area contributed by atoms with Crippen LogP contribution in [0, 0.1) is 5.82 Å². The number of carboxylic acids is 1. The molecule has 0 saturated carbocycles. The first kappa shape index (κ1) is 12.5. The summed E-state index contributed by atoms with van der Waals surface area (Å²) in [5, 5.41) is 8.57. The monoisotopic (exact) mass is 226 g/mol. The van der Waals surface area contributed by atoms with Crippen molar-refractivity contribution in [1.29, 1.82) is 0 Å². The summed E-state index contributed by atoms with van der Waals surface area (Å²) in [6.07, 6.45) is 0.404. The smallest absolute Gasteiger partial charge is 0.303 e. The fourth-order valence-corrected chi connectivity index (χ4v) is 1.31. The van der Waals surface area contributed by atoms with Crippen molar-refractivity contribution in [1.82, 2.24) is 0 Å². The first-order valence-electron chi connectivity index (χ1n) is 5.05.